The van der Waals surface area contributed by atoms with Gasteiger partial charge in [0.15, 0.2) is 11.0 Å². The summed E-state index contributed by atoms with van der Waals surface area (Å²) in [6.45, 7) is 5.71. The lowest BCUT2D eigenvalue weighted by Crippen LogP contribution is -2.48. The molecule has 3 aromatic rings. The fraction of sp³-hybridized carbons (Fsp3) is 0.375. The SMILES string of the molecule is Cc1ccc2nc(NC(=O)CN3CC(c4nc(C)no4)C3)sc2c1. The summed E-state index contributed by atoms with van der Waals surface area (Å²) in [5, 5.41) is 7.33. The van der Waals surface area contributed by atoms with Crippen molar-refractivity contribution in [2.45, 2.75) is 19.8 Å². The van der Waals surface area contributed by atoms with Crippen molar-refractivity contribution in [3.05, 3.63) is 35.5 Å². The highest BCUT2D eigenvalue weighted by molar-refractivity contribution is 7.22. The molecule has 4 rings (SSSR count). The maximum Gasteiger partial charge on any atom is 0.240 e. The number of nitrogens with zero attached hydrogens (tertiary/aromatic N) is 4. The first-order valence-electron chi connectivity index (χ1n) is 7.76. The molecule has 1 N–H and O–H groups in total. The van der Waals surface area contributed by atoms with Gasteiger partial charge in [0, 0.05) is 13.1 Å². The van der Waals surface area contributed by atoms with Crippen molar-refractivity contribution in [3.63, 3.8) is 0 Å². The first-order valence-corrected chi connectivity index (χ1v) is 8.58. The van der Waals surface area contributed by atoms with Gasteiger partial charge < -0.3 is 9.84 Å². The second kappa shape index (κ2) is 5.95. The third-order valence-electron chi connectivity index (χ3n) is 4.01. The van der Waals surface area contributed by atoms with Crippen molar-refractivity contribution < 1.29 is 9.32 Å². The van der Waals surface area contributed by atoms with Gasteiger partial charge in [-0.25, -0.2) is 4.98 Å². The molecule has 0 atom stereocenters. The van der Waals surface area contributed by atoms with Gasteiger partial charge in [0.1, 0.15) is 0 Å². The van der Waals surface area contributed by atoms with Gasteiger partial charge in [0.25, 0.3) is 0 Å². The van der Waals surface area contributed by atoms with E-state index in [1.165, 1.54) is 16.9 Å². The van der Waals surface area contributed by atoms with Crippen LogP contribution in [0.5, 0.6) is 0 Å². The molecular formula is C16H17N5O2S. The van der Waals surface area contributed by atoms with Gasteiger partial charge >= 0.3 is 0 Å². The zero-order valence-corrected chi connectivity index (χ0v) is 14.3. The lowest BCUT2D eigenvalue weighted by molar-refractivity contribution is -0.118. The Labute approximate surface area is 142 Å². The summed E-state index contributed by atoms with van der Waals surface area (Å²) < 4.78 is 6.25. The zero-order valence-electron chi connectivity index (χ0n) is 13.4. The predicted molar refractivity (Wildman–Crippen MR) is 91.2 cm³/mol. The quantitative estimate of drug-likeness (QED) is 0.783. The van der Waals surface area contributed by atoms with Crippen LogP contribution in [-0.2, 0) is 4.79 Å². The number of anilines is 1. The Morgan fingerprint density at radius 3 is 2.96 bits per heavy atom. The number of nitrogens with one attached hydrogen (secondary N) is 1. The number of rotatable bonds is 4. The van der Waals surface area contributed by atoms with Crippen molar-refractivity contribution >= 4 is 32.6 Å². The Morgan fingerprint density at radius 2 is 2.21 bits per heavy atom. The smallest absolute Gasteiger partial charge is 0.240 e. The molecule has 0 saturated carbocycles. The van der Waals surface area contributed by atoms with E-state index in [1.54, 1.807) is 6.92 Å². The van der Waals surface area contributed by atoms with Crippen LogP contribution < -0.4 is 5.32 Å². The Morgan fingerprint density at radius 1 is 1.38 bits per heavy atom. The average molecular weight is 343 g/mol. The number of carbonyl (C=O) groups is 1. The van der Waals surface area contributed by atoms with Crippen LogP contribution in [0.4, 0.5) is 5.13 Å². The number of aryl methyl sites for hydroxylation is 2. The van der Waals surface area contributed by atoms with Crippen molar-refractivity contribution in [1.29, 1.82) is 0 Å². The molecule has 1 aromatic carbocycles. The normalized spacial score (nSPS) is 15.6. The first-order chi connectivity index (χ1) is 11.6. The van der Waals surface area contributed by atoms with E-state index in [-0.39, 0.29) is 11.8 Å². The van der Waals surface area contributed by atoms with Crippen molar-refractivity contribution in [1.82, 2.24) is 20.0 Å². The molecule has 7 nitrogen and oxygen atoms in total. The Bertz CT molecular complexity index is 897. The van der Waals surface area contributed by atoms with Crippen LogP contribution in [0, 0.1) is 13.8 Å². The molecule has 0 radical (unpaired) electrons. The lowest BCUT2D eigenvalue weighted by atomic mass is 10.0. The molecule has 1 saturated heterocycles. The molecule has 3 heterocycles. The summed E-state index contributed by atoms with van der Waals surface area (Å²) in [6.07, 6.45) is 0. The molecule has 0 unspecified atom stereocenters. The van der Waals surface area contributed by atoms with E-state index in [4.69, 9.17) is 4.52 Å². The third-order valence-corrected chi connectivity index (χ3v) is 4.94. The number of amides is 1. The van der Waals surface area contributed by atoms with Gasteiger partial charge in [-0.2, -0.15) is 4.98 Å². The Kier molecular flexibility index (Phi) is 3.78. The summed E-state index contributed by atoms with van der Waals surface area (Å²) in [5.41, 5.74) is 2.10. The molecule has 0 aliphatic carbocycles. The number of carbonyl (C=O) groups excluding carboxylic acids is 1. The second-order valence-electron chi connectivity index (χ2n) is 6.11. The summed E-state index contributed by atoms with van der Waals surface area (Å²) >= 11 is 1.50. The van der Waals surface area contributed by atoms with E-state index >= 15 is 0 Å². The third kappa shape index (κ3) is 3.02. The fourth-order valence-corrected chi connectivity index (χ4v) is 3.76. The number of likely N-dealkylation sites (tertiary alicyclic amines) is 1. The van der Waals surface area contributed by atoms with Crippen molar-refractivity contribution in [2.24, 2.45) is 0 Å². The molecule has 1 fully saturated rings. The van der Waals surface area contributed by atoms with Gasteiger partial charge in [-0.3, -0.25) is 9.69 Å². The molecular weight excluding hydrogens is 326 g/mol. The van der Waals surface area contributed by atoms with Gasteiger partial charge in [-0.05, 0) is 31.5 Å². The van der Waals surface area contributed by atoms with E-state index in [1.807, 2.05) is 19.1 Å². The van der Waals surface area contributed by atoms with Crippen molar-refractivity contribution in [2.75, 3.05) is 25.0 Å². The summed E-state index contributed by atoms with van der Waals surface area (Å²) in [6, 6.07) is 6.07. The van der Waals surface area contributed by atoms with Crippen LogP contribution in [0.3, 0.4) is 0 Å². The Balaban J connectivity index is 1.32. The van der Waals surface area contributed by atoms with Crippen LogP contribution in [-0.4, -0.2) is 45.6 Å². The minimum Gasteiger partial charge on any atom is -0.339 e. The molecule has 2 aromatic heterocycles. The van der Waals surface area contributed by atoms with E-state index in [0.29, 0.717) is 23.4 Å². The predicted octanol–water partition coefficient (Wildman–Crippen LogP) is 2.33. The molecule has 1 aliphatic rings. The van der Waals surface area contributed by atoms with Crippen LogP contribution in [0.1, 0.15) is 23.2 Å². The van der Waals surface area contributed by atoms with Crippen LogP contribution >= 0.6 is 11.3 Å². The van der Waals surface area contributed by atoms with E-state index < -0.39 is 0 Å². The standard InChI is InChI=1S/C16H17N5O2S/c1-9-3-4-12-13(5-9)24-16(18-12)19-14(22)8-21-6-11(7-21)15-17-10(2)20-23-15/h3-5,11H,6-8H2,1-2H3,(H,18,19,22). The molecule has 1 amide bonds. The van der Waals surface area contributed by atoms with E-state index in [0.717, 1.165) is 23.3 Å². The topological polar surface area (TPSA) is 84.2 Å². The minimum atomic E-state index is -0.0501. The van der Waals surface area contributed by atoms with E-state index in [2.05, 4.69) is 31.4 Å². The van der Waals surface area contributed by atoms with Gasteiger partial charge in [0.05, 0.1) is 22.7 Å². The number of fused-ring (bicyclic) bond motifs is 1. The molecule has 24 heavy (non-hydrogen) atoms. The minimum absolute atomic E-state index is 0.0501. The zero-order chi connectivity index (χ0) is 16.7. The van der Waals surface area contributed by atoms with Gasteiger partial charge in [-0.1, -0.05) is 22.6 Å². The lowest BCUT2D eigenvalue weighted by Gasteiger charge is -2.36. The number of benzene rings is 1. The maximum absolute atomic E-state index is 12.2. The Hall–Kier alpha value is -2.32. The number of hydrogen-bond acceptors (Lipinski definition) is 7. The fourth-order valence-electron chi connectivity index (χ4n) is 2.78. The van der Waals surface area contributed by atoms with Gasteiger partial charge in [-0.15, -0.1) is 0 Å². The van der Waals surface area contributed by atoms with Crippen LogP contribution in [0.15, 0.2) is 22.7 Å². The number of hydrogen-bond donors (Lipinski definition) is 1. The highest BCUT2D eigenvalue weighted by Crippen LogP contribution is 2.28. The average Bonchev–Trinajstić information content (AvgIpc) is 3.07. The van der Waals surface area contributed by atoms with Crippen molar-refractivity contribution in [3.8, 4) is 0 Å². The molecule has 1 aliphatic heterocycles. The molecule has 124 valence electrons. The van der Waals surface area contributed by atoms with Crippen LogP contribution in [0.25, 0.3) is 10.2 Å². The highest BCUT2D eigenvalue weighted by atomic mass is 32.1. The van der Waals surface area contributed by atoms with Crippen LogP contribution in [0.2, 0.25) is 0 Å². The molecule has 0 bridgehead atoms. The molecule has 0 spiro atoms. The second-order valence-corrected chi connectivity index (χ2v) is 7.14. The molecule has 8 heteroatoms. The monoisotopic (exact) mass is 343 g/mol. The number of aromatic nitrogens is 3. The summed E-state index contributed by atoms with van der Waals surface area (Å²) in [7, 11) is 0. The number of thiazole rings is 1. The largest absolute Gasteiger partial charge is 0.339 e. The highest BCUT2D eigenvalue weighted by Gasteiger charge is 2.33. The summed E-state index contributed by atoms with van der Waals surface area (Å²) in [5.74, 6) is 1.48. The maximum atomic E-state index is 12.2. The first kappa shape index (κ1) is 15.2. The van der Waals surface area contributed by atoms with E-state index in [9.17, 15) is 4.79 Å². The van der Waals surface area contributed by atoms with Gasteiger partial charge in [0.2, 0.25) is 11.8 Å². The summed E-state index contributed by atoms with van der Waals surface area (Å²) in [4.78, 5) is 22.9.